The Hall–Kier alpha value is -3.55. The lowest BCUT2D eigenvalue weighted by atomic mass is 9.88. The van der Waals surface area contributed by atoms with Crippen LogP contribution in [0.25, 0.3) is 11.5 Å². The molecule has 3 aromatic heterocycles. The number of hydrogen-bond donors (Lipinski definition) is 0. The second-order valence-electron chi connectivity index (χ2n) is 8.82. The molecule has 0 spiro atoms. The normalized spacial score (nSPS) is 15.5. The first-order valence-corrected chi connectivity index (χ1v) is 11.9. The Morgan fingerprint density at radius 1 is 1.15 bits per heavy atom. The highest BCUT2D eigenvalue weighted by molar-refractivity contribution is 5.76. The van der Waals surface area contributed by atoms with E-state index in [4.69, 9.17) is 5.10 Å². The molecule has 178 valence electrons. The smallest absolute Gasteiger partial charge is 0.222 e. The number of carbonyl (C=O) groups is 1. The summed E-state index contributed by atoms with van der Waals surface area (Å²) in [6, 6.07) is 3.78. The molecule has 0 radical (unpaired) electrons. The number of carbonyl (C=O) groups excluding carboxylic acids is 1. The number of amides is 1. The van der Waals surface area contributed by atoms with E-state index in [0.29, 0.717) is 30.2 Å². The highest BCUT2D eigenvalue weighted by atomic mass is 16.2. The second-order valence-corrected chi connectivity index (χ2v) is 8.82. The second kappa shape index (κ2) is 10.2. The van der Waals surface area contributed by atoms with Gasteiger partial charge in [-0.05, 0) is 76.1 Å². The molecule has 0 saturated carbocycles. The lowest BCUT2D eigenvalue weighted by molar-refractivity contribution is -0.132. The van der Waals surface area contributed by atoms with Gasteiger partial charge in [0.05, 0.1) is 5.69 Å². The van der Waals surface area contributed by atoms with Crippen LogP contribution in [-0.2, 0) is 11.2 Å². The van der Waals surface area contributed by atoms with E-state index < -0.39 is 0 Å². The number of nitrogens with zero attached hydrogens (tertiary/aromatic N) is 7. The van der Waals surface area contributed by atoms with Crippen LogP contribution in [0, 0.1) is 26.7 Å². The maximum Gasteiger partial charge on any atom is 0.222 e. The van der Waals surface area contributed by atoms with E-state index >= 15 is 0 Å². The van der Waals surface area contributed by atoms with Crippen molar-refractivity contribution in [3.8, 4) is 5.82 Å². The lowest BCUT2D eigenvalue weighted by Gasteiger charge is -2.32. The third kappa shape index (κ3) is 4.71. The zero-order valence-electron chi connectivity index (χ0n) is 20.5. The molecular formula is C26H33N7O. The van der Waals surface area contributed by atoms with Crippen LogP contribution in [0.1, 0.15) is 49.0 Å². The highest BCUT2D eigenvalue weighted by Crippen LogP contribution is 2.26. The van der Waals surface area contributed by atoms with E-state index in [9.17, 15) is 4.79 Å². The minimum absolute atomic E-state index is 0.210. The molecule has 1 amide bonds. The van der Waals surface area contributed by atoms with Crippen molar-refractivity contribution in [2.24, 2.45) is 5.92 Å². The van der Waals surface area contributed by atoms with Gasteiger partial charge in [-0.25, -0.2) is 4.68 Å². The van der Waals surface area contributed by atoms with Crippen LogP contribution < -0.4 is 0 Å². The summed E-state index contributed by atoms with van der Waals surface area (Å²) in [6.45, 7) is 13.5. The summed E-state index contributed by atoms with van der Waals surface area (Å²) in [5.41, 5.74) is 5.00. The number of rotatable bonds is 7. The molecule has 0 aliphatic carbocycles. The van der Waals surface area contributed by atoms with E-state index in [1.54, 1.807) is 4.52 Å². The van der Waals surface area contributed by atoms with Gasteiger partial charge in [0.1, 0.15) is 0 Å². The number of aromatic nitrogens is 6. The quantitative estimate of drug-likeness (QED) is 0.497. The standard InChI is InChI=1S/C26H33N7O/c1-6-8-9-21(7-2)22-14-16-31(17-15-22)26(34)13-10-23-18(3)29-32(19(23)4)25-12-11-24-28-27-20(5)33(24)30-25/h6-9,11-12,22H,2,10,13-17H2,1,3-5H3/b8-6-,21-9+. The highest BCUT2D eigenvalue weighted by Gasteiger charge is 2.24. The van der Waals surface area contributed by atoms with Gasteiger partial charge in [-0.15, -0.1) is 15.3 Å². The summed E-state index contributed by atoms with van der Waals surface area (Å²) < 4.78 is 3.55. The van der Waals surface area contributed by atoms with E-state index in [-0.39, 0.29) is 5.91 Å². The maximum atomic E-state index is 13.0. The van der Waals surface area contributed by atoms with Crippen LogP contribution in [0.5, 0.6) is 0 Å². The topological polar surface area (TPSA) is 81.2 Å². The zero-order valence-corrected chi connectivity index (χ0v) is 20.5. The number of hydrogen-bond acceptors (Lipinski definition) is 5. The van der Waals surface area contributed by atoms with Gasteiger partial charge in [0.15, 0.2) is 17.3 Å². The minimum Gasteiger partial charge on any atom is -0.343 e. The van der Waals surface area contributed by atoms with Crippen molar-refractivity contribution < 1.29 is 4.79 Å². The van der Waals surface area contributed by atoms with E-state index in [2.05, 4.69) is 34.0 Å². The van der Waals surface area contributed by atoms with Crippen molar-refractivity contribution >= 4 is 11.6 Å². The number of likely N-dealkylation sites (tertiary alicyclic amines) is 1. The van der Waals surface area contributed by atoms with Crippen molar-refractivity contribution in [2.45, 2.75) is 53.4 Å². The Morgan fingerprint density at radius 2 is 1.91 bits per heavy atom. The van der Waals surface area contributed by atoms with Gasteiger partial charge in [-0.1, -0.05) is 30.9 Å². The molecule has 4 heterocycles. The maximum absolute atomic E-state index is 13.0. The fourth-order valence-corrected chi connectivity index (χ4v) is 4.69. The Bertz CT molecular complexity index is 1260. The molecule has 1 aliphatic rings. The van der Waals surface area contributed by atoms with Crippen molar-refractivity contribution in [3.63, 3.8) is 0 Å². The molecule has 0 atom stereocenters. The molecule has 0 aromatic carbocycles. The van der Waals surface area contributed by atoms with Crippen molar-refractivity contribution in [1.82, 2.24) is 34.5 Å². The molecule has 1 fully saturated rings. The Balaban J connectivity index is 1.40. The molecule has 34 heavy (non-hydrogen) atoms. The lowest BCUT2D eigenvalue weighted by Crippen LogP contribution is -2.38. The summed E-state index contributed by atoms with van der Waals surface area (Å²) in [4.78, 5) is 15.0. The van der Waals surface area contributed by atoms with Gasteiger partial charge in [0, 0.05) is 25.2 Å². The number of aryl methyl sites for hydroxylation is 2. The SMILES string of the molecule is C=C/C(=C\C=C/C)C1CCN(C(=O)CCc2c(C)nn(-c3ccc4nnc(C)n4n3)c2C)CC1. The summed E-state index contributed by atoms with van der Waals surface area (Å²) in [6.07, 6.45) is 11.3. The molecule has 1 saturated heterocycles. The van der Waals surface area contributed by atoms with Crippen molar-refractivity contribution in [3.05, 3.63) is 71.4 Å². The van der Waals surface area contributed by atoms with Crippen LogP contribution >= 0.6 is 0 Å². The first kappa shape index (κ1) is 23.6. The molecule has 8 heteroatoms. The largest absolute Gasteiger partial charge is 0.343 e. The monoisotopic (exact) mass is 459 g/mol. The Kier molecular flexibility index (Phi) is 7.05. The molecule has 1 aliphatic heterocycles. The molecule has 8 nitrogen and oxygen atoms in total. The molecule has 0 N–H and O–H groups in total. The summed E-state index contributed by atoms with van der Waals surface area (Å²) in [7, 11) is 0. The van der Waals surface area contributed by atoms with Crippen LogP contribution in [0.3, 0.4) is 0 Å². The van der Waals surface area contributed by atoms with Crippen LogP contribution in [0.4, 0.5) is 0 Å². The van der Waals surface area contributed by atoms with E-state index in [1.165, 1.54) is 5.57 Å². The van der Waals surface area contributed by atoms with Gasteiger partial charge in [0.2, 0.25) is 5.91 Å². The van der Waals surface area contributed by atoms with E-state index in [1.807, 2.05) is 61.6 Å². The van der Waals surface area contributed by atoms with Crippen LogP contribution in [0.2, 0.25) is 0 Å². The van der Waals surface area contributed by atoms with Crippen LogP contribution in [0.15, 0.2) is 48.6 Å². The van der Waals surface area contributed by atoms with Gasteiger partial charge in [-0.2, -0.15) is 9.61 Å². The molecule has 0 unspecified atom stereocenters. The Labute approximate surface area is 200 Å². The predicted molar refractivity (Wildman–Crippen MR) is 133 cm³/mol. The molecule has 3 aromatic rings. The third-order valence-corrected chi connectivity index (χ3v) is 6.69. The van der Waals surface area contributed by atoms with Gasteiger partial charge in [-0.3, -0.25) is 4.79 Å². The fourth-order valence-electron chi connectivity index (χ4n) is 4.69. The van der Waals surface area contributed by atoms with E-state index in [0.717, 1.165) is 48.7 Å². The van der Waals surface area contributed by atoms with Gasteiger partial charge >= 0.3 is 0 Å². The van der Waals surface area contributed by atoms with Gasteiger partial charge < -0.3 is 4.90 Å². The third-order valence-electron chi connectivity index (χ3n) is 6.69. The summed E-state index contributed by atoms with van der Waals surface area (Å²) >= 11 is 0. The van der Waals surface area contributed by atoms with Crippen LogP contribution in [-0.4, -0.2) is 53.5 Å². The van der Waals surface area contributed by atoms with Crippen molar-refractivity contribution in [1.29, 1.82) is 0 Å². The fraction of sp³-hybridized carbons (Fsp3) is 0.423. The molecule has 0 bridgehead atoms. The Morgan fingerprint density at radius 3 is 2.62 bits per heavy atom. The first-order chi connectivity index (χ1) is 16.4. The average molecular weight is 460 g/mol. The van der Waals surface area contributed by atoms with Crippen molar-refractivity contribution in [2.75, 3.05) is 13.1 Å². The number of allylic oxidation sites excluding steroid dienone is 5. The molecular weight excluding hydrogens is 426 g/mol. The number of piperidine rings is 1. The molecule has 4 rings (SSSR count). The summed E-state index contributed by atoms with van der Waals surface area (Å²) in [5.74, 6) is 2.12. The minimum atomic E-state index is 0.210. The summed E-state index contributed by atoms with van der Waals surface area (Å²) in [5, 5.41) is 17.5. The zero-order chi connectivity index (χ0) is 24.2. The average Bonchev–Trinajstić information content (AvgIpc) is 3.36. The van der Waals surface area contributed by atoms with Gasteiger partial charge in [0.25, 0.3) is 0 Å². The number of fused-ring (bicyclic) bond motifs is 1. The first-order valence-electron chi connectivity index (χ1n) is 11.9. The predicted octanol–water partition coefficient (Wildman–Crippen LogP) is 4.09.